The van der Waals surface area contributed by atoms with Crippen LogP contribution in [0.3, 0.4) is 0 Å². The summed E-state index contributed by atoms with van der Waals surface area (Å²) in [6.45, 7) is 6.13. The van der Waals surface area contributed by atoms with Crippen LogP contribution in [0.2, 0.25) is 0 Å². The standard InChI is InChI=1S/C16H17N3O3/c1-10-9-13(19-16(20)22-15(17-19)21-4)7-8-14(10)18-11(2)5-6-12(18)3/h5-9H,1-4H3. The van der Waals surface area contributed by atoms with Crippen LogP contribution in [0, 0.1) is 20.8 Å². The number of aromatic nitrogens is 3. The molecule has 0 saturated heterocycles. The highest BCUT2D eigenvalue weighted by Crippen LogP contribution is 2.22. The smallest absolute Gasteiger partial charge is 0.444 e. The molecule has 0 aliphatic carbocycles. The van der Waals surface area contributed by atoms with Crippen molar-refractivity contribution in [1.29, 1.82) is 0 Å². The number of methoxy groups -OCH3 is 1. The molecule has 0 aliphatic rings. The fourth-order valence-corrected chi connectivity index (χ4v) is 2.58. The van der Waals surface area contributed by atoms with Gasteiger partial charge < -0.3 is 13.7 Å². The zero-order chi connectivity index (χ0) is 15.9. The summed E-state index contributed by atoms with van der Waals surface area (Å²) in [7, 11) is 1.40. The van der Waals surface area contributed by atoms with Crippen LogP contribution in [0.4, 0.5) is 0 Å². The number of ether oxygens (including phenoxy) is 1. The van der Waals surface area contributed by atoms with Crippen LogP contribution in [-0.2, 0) is 0 Å². The highest BCUT2D eigenvalue weighted by atomic mass is 16.6. The number of hydrogen-bond acceptors (Lipinski definition) is 4. The fourth-order valence-electron chi connectivity index (χ4n) is 2.58. The average molecular weight is 299 g/mol. The first kappa shape index (κ1) is 14.2. The minimum Gasteiger partial charge on any atom is -0.452 e. The predicted molar refractivity (Wildman–Crippen MR) is 82.2 cm³/mol. The molecule has 0 spiro atoms. The zero-order valence-electron chi connectivity index (χ0n) is 13.0. The normalized spacial score (nSPS) is 10.9. The van der Waals surface area contributed by atoms with Crippen LogP contribution in [0.5, 0.6) is 6.08 Å². The third-order valence-corrected chi connectivity index (χ3v) is 3.64. The summed E-state index contributed by atoms with van der Waals surface area (Å²) in [4.78, 5) is 11.8. The Morgan fingerprint density at radius 3 is 2.32 bits per heavy atom. The Bertz CT molecular complexity index is 867. The van der Waals surface area contributed by atoms with Gasteiger partial charge in [0.2, 0.25) is 0 Å². The van der Waals surface area contributed by atoms with Crippen molar-refractivity contribution in [1.82, 2.24) is 14.3 Å². The molecule has 0 aliphatic heterocycles. The van der Waals surface area contributed by atoms with Crippen LogP contribution < -0.4 is 10.5 Å². The van der Waals surface area contributed by atoms with Gasteiger partial charge in [-0.05, 0) is 56.7 Å². The van der Waals surface area contributed by atoms with E-state index in [1.54, 1.807) is 0 Å². The third-order valence-electron chi connectivity index (χ3n) is 3.64. The largest absolute Gasteiger partial charge is 0.452 e. The highest BCUT2D eigenvalue weighted by Gasteiger charge is 2.12. The molecule has 22 heavy (non-hydrogen) atoms. The molecule has 0 atom stereocenters. The van der Waals surface area contributed by atoms with E-state index in [0.717, 1.165) is 22.6 Å². The number of benzene rings is 1. The first-order valence-corrected chi connectivity index (χ1v) is 6.92. The minimum absolute atomic E-state index is 0.0520. The fraction of sp³-hybridized carbons (Fsp3) is 0.250. The van der Waals surface area contributed by atoms with Crippen molar-refractivity contribution in [3.8, 4) is 17.5 Å². The summed E-state index contributed by atoms with van der Waals surface area (Å²) in [5, 5.41) is 3.98. The molecule has 0 bridgehead atoms. The van der Waals surface area contributed by atoms with Crippen LogP contribution in [-0.4, -0.2) is 21.5 Å². The Kier molecular flexibility index (Phi) is 3.36. The van der Waals surface area contributed by atoms with Gasteiger partial charge in [-0.25, -0.2) is 4.79 Å². The molecule has 0 saturated carbocycles. The van der Waals surface area contributed by atoms with Crippen molar-refractivity contribution >= 4 is 0 Å². The molecule has 0 unspecified atom stereocenters. The number of hydrogen-bond donors (Lipinski definition) is 0. The van der Waals surface area contributed by atoms with Gasteiger partial charge in [-0.2, -0.15) is 4.68 Å². The van der Waals surface area contributed by atoms with Crippen molar-refractivity contribution in [3.05, 3.63) is 57.8 Å². The van der Waals surface area contributed by atoms with Crippen molar-refractivity contribution in [2.75, 3.05) is 7.11 Å². The van der Waals surface area contributed by atoms with Crippen LogP contribution >= 0.6 is 0 Å². The van der Waals surface area contributed by atoms with Crippen molar-refractivity contribution < 1.29 is 9.15 Å². The molecule has 6 nitrogen and oxygen atoms in total. The van der Waals surface area contributed by atoms with Gasteiger partial charge in [0.15, 0.2) is 0 Å². The molecular weight excluding hydrogens is 282 g/mol. The lowest BCUT2D eigenvalue weighted by atomic mass is 10.1. The summed E-state index contributed by atoms with van der Waals surface area (Å²) in [6.07, 6.45) is -0.0520. The highest BCUT2D eigenvalue weighted by molar-refractivity contribution is 5.49. The van der Waals surface area contributed by atoms with E-state index in [1.807, 2.05) is 25.1 Å². The molecule has 114 valence electrons. The Morgan fingerprint density at radius 1 is 1.09 bits per heavy atom. The molecule has 2 heterocycles. The first-order chi connectivity index (χ1) is 10.5. The number of aryl methyl sites for hydroxylation is 3. The molecule has 3 aromatic rings. The molecule has 1 aromatic carbocycles. The van der Waals surface area contributed by atoms with Gasteiger partial charge in [0, 0.05) is 17.1 Å². The van der Waals surface area contributed by atoms with Gasteiger partial charge in [-0.3, -0.25) is 0 Å². The lowest BCUT2D eigenvalue weighted by Gasteiger charge is -2.13. The van der Waals surface area contributed by atoms with E-state index in [-0.39, 0.29) is 6.08 Å². The second-order valence-electron chi connectivity index (χ2n) is 5.17. The van der Waals surface area contributed by atoms with E-state index in [4.69, 9.17) is 9.15 Å². The second kappa shape index (κ2) is 5.22. The van der Waals surface area contributed by atoms with E-state index < -0.39 is 5.76 Å². The molecule has 0 radical (unpaired) electrons. The molecule has 3 rings (SSSR count). The maximum absolute atomic E-state index is 11.8. The van der Waals surface area contributed by atoms with Gasteiger partial charge in [0.05, 0.1) is 12.8 Å². The van der Waals surface area contributed by atoms with Gasteiger partial charge in [-0.1, -0.05) is 5.10 Å². The summed E-state index contributed by atoms with van der Waals surface area (Å²) in [5.41, 5.74) is 5.07. The maximum atomic E-state index is 11.8. The molecular formula is C16H17N3O3. The number of rotatable bonds is 3. The first-order valence-electron chi connectivity index (χ1n) is 6.92. The predicted octanol–water partition coefficient (Wildman–Crippen LogP) is 2.55. The zero-order valence-corrected chi connectivity index (χ0v) is 13.0. The number of nitrogens with zero attached hydrogens (tertiary/aromatic N) is 3. The van der Waals surface area contributed by atoms with Crippen LogP contribution in [0.15, 0.2) is 39.5 Å². The van der Waals surface area contributed by atoms with Crippen molar-refractivity contribution in [2.24, 2.45) is 0 Å². The second-order valence-corrected chi connectivity index (χ2v) is 5.17. The van der Waals surface area contributed by atoms with Gasteiger partial charge in [0.25, 0.3) is 0 Å². The van der Waals surface area contributed by atoms with E-state index in [1.165, 1.54) is 11.8 Å². The van der Waals surface area contributed by atoms with Gasteiger partial charge in [0.1, 0.15) is 0 Å². The monoisotopic (exact) mass is 299 g/mol. The average Bonchev–Trinajstić information content (AvgIpc) is 3.02. The molecule has 0 N–H and O–H groups in total. The van der Waals surface area contributed by atoms with Gasteiger partial charge in [-0.15, -0.1) is 0 Å². The molecule has 0 amide bonds. The van der Waals surface area contributed by atoms with Crippen molar-refractivity contribution in [2.45, 2.75) is 20.8 Å². The van der Waals surface area contributed by atoms with Crippen LogP contribution in [0.25, 0.3) is 11.4 Å². The van der Waals surface area contributed by atoms with E-state index in [0.29, 0.717) is 5.69 Å². The SMILES string of the molecule is COc1nn(-c2ccc(-n3c(C)ccc3C)c(C)c2)c(=O)o1. The topological polar surface area (TPSA) is 62.2 Å². The Balaban J connectivity index is 2.10. The molecule has 6 heteroatoms. The molecule has 2 aromatic heterocycles. The molecule has 0 fully saturated rings. The van der Waals surface area contributed by atoms with Gasteiger partial charge >= 0.3 is 11.8 Å². The quantitative estimate of drug-likeness (QED) is 0.745. The lowest BCUT2D eigenvalue weighted by Crippen LogP contribution is -2.14. The Morgan fingerprint density at radius 2 is 1.77 bits per heavy atom. The van der Waals surface area contributed by atoms with E-state index in [2.05, 4.69) is 35.6 Å². The van der Waals surface area contributed by atoms with E-state index >= 15 is 0 Å². The minimum atomic E-state index is -0.572. The Hall–Kier alpha value is -2.76. The summed E-state index contributed by atoms with van der Waals surface area (Å²) in [6, 6.07) is 9.87. The lowest BCUT2D eigenvalue weighted by molar-refractivity contribution is 0.282. The summed E-state index contributed by atoms with van der Waals surface area (Å²) < 4.78 is 13.1. The van der Waals surface area contributed by atoms with Crippen molar-refractivity contribution in [3.63, 3.8) is 0 Å². The summed E-state index contributed by atoms with van der Waals surface area (Å²) in [5.74, 6) is -0.572. The van der Waals surface area contributed by atoms with E-state index in [9.17, 15) is 4.79 Å². The third kappa shape index (κ3) is 2.22. The maximum Gasteiger partial charge on any atom is 0.444 e. The summed E-state index contributed by atoms with van der Waals surface area (Å²) >= 11 is 0. The Labute approximate surface area is 127 Å². The van der Waals surface area contributed by atoms with Crippen LogP contribution in [0.1, 0.15) is 17.0 Å².